The summed E-state index contributed by atoms with van der Waals surface area (Å²) in [6.07, 6.45) is 5.98. The van der Waals surface area contributed by atoms with Crippen molar-refractivity contribution in [3.63, 3.8) is 0 Å². The van der Waals surface area contributed by atoms with Gasteiger partial charge in [-0.05, 0) is 26.0 Å². The molecule has 0 bridgehead atoms. The number of pyridine rings is 1. The molecule has 140 valence electrons. The Hall–Kier alpha value is -2.96. The molecule has 27 heavy (non-hydrogen) atoms. The number of rotatable bonds is 4. The van der Waals surface area contributed by atoms with E-state index in [9.17, 15) is 4.79 Å². The van der Waals surface area contributed by atoms with E-state index in [-0.39, 0.29) is 5.91 Å². The van der Waals surface area contributed by atoms with Crippen molar-refractivity contribution in [2.45, 2.75) is 33.4 Å². The van der Waals surface area contributed by atoms with Crippen molar-refractivity contribution in [1.82, 2.24) is 19.9 Å². The Morgan fingerprint density at radius 1 is 1.33 bits per heavy atom. The number of aromatic nitrogens is 3. The lowest BCUT2D eigenvalue weighted by Gasteiger charge is -2.41. The summed E-state index contributed by atoms with van der Waals surface area (Å²) < 4.78 is 0. The van der Waals surface area contributed by atoms with Crippen LogP contribution in [-0.2, 0) is 17.9 Å². The third-order valence-electron chi connectivity index (χ3n) is 5.15. The summed E-state index contributed by atoms with van der Waals surface area (Å²) in [4.78, 5) is 30.1. The lowest BCUT2D eigenvalue weighted by molar-refractivity contribution is -0.133. The van der Waals surface area contributed by atoms with Crippen molar-refractivity contribution < 1.29 is 4.79 Å². The molecular weight excluding hydrogens is 340 g/mol. The monoisotopic (exact) mass is 364 g/mol. The minimum atomic E-state index is 0.190. The van der Waals surface area contributed by atoms with Crippen LogP contribution in [0.2, 0.25) is 0 Å². The second-order valence-corrected chi connectivity index (χ2v) is 7.42. The highest BCUT2D eigenvalue weighted by Gasteiger charge is 2.33. The number of hydrogen-bond acceptors (Lipinski definition) is 6. The van der Waals surface area contributed by atoms with Gasteiger partial charge in [0.25, 0.3) is 0 Å². The van der Waals surface area contributed by atoms with Gasteiger partial charge in [0.05, 0.1) is 24.1 Å². The quantitative estimate of drug-likeness (QED) is 0.891. The lowest BCUT2D eigenvalue weighted by Crippen LogP contribution is -2.48. The Balaban J connectivity index is 1.36. The normalized spacial score (nSPS) is 17.0. The molecule has 0 atom stereocenters. The number of amides is 1. The number of anilines is 1. The van der Waals surface area contributed by atoms with Crippen LogP contribution >= 0.6 is 0 Å². The van der Waals surface area contributed by atoms with Gasteiger partial charge >= 0.3 is 0 Å². The van der Waals surface area contributed by atoms with Gasteiger partial charge in [0, 0.05) is 61.2 Å². The minimum absolute atomic E-state index is 0.190. The maximum Gasteiger partial charge on any atom is 0.223 e. The average Bonchev–Trinajstić information content (AvgIpc) is 3.02. The van der Waals surface area contributed by atoms with Crippen LogP contribution < -0.4 is 10.6 Å². The molecule has 2 aromatic heterocycles. The summed E-state index contributed by atoms with van der Waals surface area (Å²) in [6, 6.07) is 3.99. The molecule has 0 aliphatic carbocycles. The molecule has 1 fully saturated rings. The Morgan fingerprint density at radius 2 is 2.15 bits per heavy atom. The molecule has 2 aromatic rings. The predicted molar refractivity (Wildman–Crippen MR) is 103 cm³/mol. The van der Waals surface area contributed by atoms with Crippen molar-refractivity contribution in [3.8, 4) is 0 Å². The number of nitrogens with two attached hydrogens (primary N) is 1. The summed E-state index contributed by atoms with van der Waals surface area (Å²) in [5.74, 6) is 1.20. The van der Waals surface area contributed by atoms with Crippen molar-refractivity contribution >= 4 is 17.7 Å². The molecule has 0 unspecified atom stereocenters. The van der Waals surface area contributed by atoms with E-state index in [0.717, 1.165) is 35.7 Å². The van der Waals surface area contributed by atoms with E-state index in [1.165, 1.54) is 0 Å². The lowest BCUT2D eigenvalue weighted by atomic mass is 9.95. The largest absolute Gasteiger partial charge is 0.402 e. The zero-order valence-corrected chi connectivity index (χ0v) is 15.7. The van der Waals surface area contributed by atoms with Crippen molar-refractivity contribution in [1.29, 1.82) is 0 Å². The van der Waals surface area contributed by atoms with Gasteiger partial charge in [-0.2, -0.15) is 0 Å². The fraction of sp³-hybridized carbons (Fsp3) is 0.400. The molecule has 2 N–H and O–H groups in total. The van der Waals surface area contributed by atoms with E-state index in [2.05, 4.69) is 25.9 Å². The van der Waals surface area contributed by atoms with Gasteiger partial charge in [0.15, 0.2) is 5.82 Å². The minimum Gasteiger partial charge on any atom is -0.402 e. The molecule has 7 heteroatoms. The number of carbonyl (C=O) groups is 1. The Labute approximate surface area is 158 Å². The van der Waals surface area contributed by atoms with Crippen LogP contribution in [0.5, 0.6) is 0 Å². The topological polar surface area (TPSA) is 88.2 Å². The van der Waals surface area contributed by atoms with E-state index in [4.69, 9.17) is 5.73 Å². The summed E-state index contributed by atoms with van der Waals surface area (Å²) in [6.45, 7) is 6.75. The molecule has 0 saturated carbocycles. The molecule has 4 heterocycles. The number of carbonyl (C=O) groups excluding carboxylic acids is 1. The van der Waals surface area contributed by atoms with Gasteiger partial charge in [0.2, 0.25) is 5.91 Å². The van der Waals surface area contributed by atoms with Gasteiger partial charge in [-0.1, -0.05) is 0 Å². The third-order valence-corrected chi connectivity index (χ3v) is 5.15. The van der Waals surface area contributed by atoms with Gasteiger partial charge < -0.3 is 15.5 Å². The van der Waals surface area contributed by atoms with Crippen LogP contribution in [0, 0.1) is 12.8 Å². The second kappa shape index (κ2) is 6.98. The predicted octanol–water partition coefficient (Wildman–Crippen LogP) is 1.87. The Bertz CT molecular complexity index is 885. The van der Waals surface area contributed by atoms with Crippen LogP contribution in [0.25, 0.3) is 6.08 Å². The zero-order valence-electron chi connectivity index (χ0n) is 15.7. The van der Waals surface area contributed by atoms with Crippen LogP contribution in [-0.4, -0.2) is 38.8 Å². The molecule has 1 saturated heterocycles. The first-order chi connectivity index (χ1) is 13.0. The molecular formula is C20H24N6O. The van der Waals surface area contributed by atoms with E-state index < -0.39 is 0 Å². The zero-order chi connectivity index (χ0) is 19.0. The first-order valence-corrected chi connectivity index (χ1v) is 9.22. The molecule has 0 aromatic carbocycles. The first-order valence-electron chi connectivity index (χ1n) is 9.22. The fourth-order valence-corrected chi connectivity index (χ4v) is 3.71. The highest BCUT2D eigenvalue weighted by atomic mass is 16.2. The number of allylic oxidation sites excluding steroid dienone is 1. The number of hydrogen-bond donors (Lipinski definition) is 1. The molecule has 7 nitrogen and oxygen atoms in total. The molecule has 2 aliphatic rings. The molecule has 1 amide bonds. The second-order valence-electron chi connectivity index (χ2n) is 7.42. The molecule has 0 radical (unpaired) electrons. The highest BCUT2D eigenvalue weighted by molar-refractivity contribution is 5.77. The first kappa shape index (κ1) is 17.5. The van der Waals surface area contributed by atoms with Gasteiger partial charge in [-0.15, -0.1) is 0 Å². The van der Waals surface area contributed by atoms with Crippen molar-refractivity contribution in [2.24, 2.45) is 11.7 Å². The summed E-state index contributed by atoms with van der Waals surface area (Å²) >= 11 is 0. The van der Waals surface area contributed by atoms with Crippen LogP contribution in [0.15, 0.2) is 30.2 Å². The number of fused-ring (bicyclic) bond motifs is 1. The number of nitrogens with zero attached hydrogens (tertiary/aromatic N) is 5. The summed E-state index contributed by atoms with van der Waals surface area (Å²) in [7, 11) is 0. The van der Waals surface area contributed by atoms with Crippen molar-refractivity contribution in [2.75, 3.05) is 18.0 Å². The standard InChI is InChI=1S/C20H24N6O/c1-13(21)6-19-23-14(2)17-11-26(12-18(17)24-19)20(27)7-15-9-25(10-15)16-4-3-5-22-8-16/h3-6,8,15H,7,9-12,21H2,1-2H3/b13-6-. The van der Waals surface area contributed by atoms with E-state index in [1.807, 2.05) is 31.0 Å². The molecule has 0 spiro atoms. The Kier molecular flexibility index (Phi) is 4.51. The maximum atomic E-state index is 12.7. The van der Waals surface area contributed by atoms with E-state index >= 15 is 0 Å². The average molecular weight is 364 g/mol. The fourth-order valence-electron chi connectivity index (χ4n) is 3.71. The molecule has 4 rings (SSSR count). The van der Waals surface area contributed by atoms with Crippen LogP contribution in [0.3, 0.4) is 0 Å². The van der Waals surface area contributed by atoms with Crippen LogP contribution in [0.4, 0.5) is 5.69 Å². The van der Waals surface area contributed by atoms with Gasteiger partial charge in [0.1, 0.15) is 0 Å². The number of aryl methyl sites for hydroxylation is 1. The van der Waals surface area contributed by atoms with Crippen molar-refractivity contribution in [3.05, 3.63) is 53.0 Å². The smallest absolute Gasteiger partial charge is 0.223 e. The third kappa shape index (κ3) is 3.63. The SMILES string of the molecule is C/C(N)=C/c1nc(C)c2c(n1)CN(C(=O)CC1CN(c3cccnc3)C1)C2. The molecule has 2 aliphatic heterocycles. The summed E-state index contributed by atoms with van der Waals surface area (Å²) in [5.41, 5.74) is 10.5. The van der Waals surface area contributed by atoms with Crippen LogP contribution in [0.1, 0.15) is 36.1 Å². The summed E-state index contributed by atoms with van der Waals surface area (Å²) in [5, 5.41) is 0. The van der Waals surface area contributed by atoms with E-state index in [0.29, 0.717) is 36.9 Å². The Morgan fingerprint density at radius 3 is 2.85 bits per heavy atom. The van der Waals surface area contributed by atoms with Gasteiger partial charge in [-0.3, -0.25) is 9.78 Å². The van der Waals surface area contributed by atoms with Gasteiger partial charge in [-0.25, -0.2) is 9.97 Å². The highest BCUT2D eigenvalue weighted by Crippen LogP contribution is 2.29. The van der Waals surface area contributed by atoms with E-state index in [1.54, 1.807) is 12.3 Å². The maximum absolute atomic E-state index is 12.7.